The van der Waals surface area contributed by atoms with Crippen molar-refractivity contribution in [2.24, 2.45) is 0 Å². The minimum absolute atomic E-state index is 0.634. The second-order valence-electron chi connectivity index (χ2n) is 4.07. The van der Waals surface area contributed by atoms with Gasteiger partial charge in [0.25, 0.3) is 0 Å². The summed E-state index contributed by atoms with van der Waals surface area (Å²) in [5.41, 5.74) is 4.56. The maximum absolute atomic E-state index is 10.4. The molecule has 1 rings (SSSR count). The van der Waals surface area contributed by atoms with Crippen LogP contribution in [0.4, 0.5) is 0 Å². The number of ether oxygens (including phenoxy) is 1. The van der Waals surface area contributed by atoms with Gasteiger partial charge in [-0.15, -0.1) is 0 Å². The van der Waals surface area contributed by atoms with Crippen molar-refractivity contribution in [2.75, 3.05) is 7.11 Å². The Balaban J connectivity index is 3.08. The third kappa shape index (κ3) is 3.09. The van der Waals surface area contributed by atoms with Gasteiger partial charge in [-0.3, -0.25) is 0 Å². The van der Waals surface area contributed by atoms with Crippen molar-refractivity contribution < 1.29 is 14.6 Å². The Morgan fingerprint density at radius 1 is 1.35 bits per heavy atom. The molecule has 0 aliphatic rings. The lowest BCUT2D eigenvalue weighted by Gasteiger charge is -2.14. The fourth-order valence-electron chi connectivity index (χ4n) is 1.90. The molecular formula is C14H18O3. The molecule has 0 amide bonds. The van der Waals surface area contributed by atoms with E-state index in [4.69, 9.17) is 9.84 Å². The Morgan fingerprint density at radius 2 is 2.00 bits per heavy atom. The van der Waals surface area contributed by atoms with Gasteiger partial charge in [-0.25, -0.2) is 4.79 Å². The largest absolute Gasteiger partial charge is 0.496 e. The topological polar surface area (TPSA) is 46.5 Å². The molecule has 0 unspecified atom stereocenters. The predicted octanol–water partition coefficient (Wildman–Crippen LogP) is 2.80. The smallest absolute Gasteiger partial charge is 0.327 e. The van der Waals surface area contributed by atoms with Crippen molar-refractivity contribution in [2.45, 2.75) is 27.2 Å². The van der Waals surface area contributed by atoms with E-state index in [-0.39, 0.29) is 0 Å². The van der Waals surface area contributed by atoms with Crippen molar-refractivity contribution in [3.8, 4) is 5.75 Å². The molecule has 0 fully saturated rings. The number of allylic oxidation sites excluding steroid dienone is 1. The standard InChI is InChI=1S/C14H18O3/c1-9-8-13(17-4)11(3)10(2)12(9)6-5-7-14(15)16/h5,7-8H,6H2,1-4H3,(H,15,16)/b7-5+. The number of carboxylic acids is 1. The predicted molar refractivity (Wildman–Crippen MR) is 67.7 cm³/mol. The summed E-state index contributed by atoms with van der Waals surface area (Å²) in [6, 6.07) is 1.99. The van der Waals surface area contributed by atoms with Crippen molar-refractivity contribution in [3.63, 3.8) is 0 Å². The van der Waals surface area contributed by atoms with E-state index < -0.39 is 5.97 Å². The van der Waals surface area contributed by atoms with E-state index in [0.29, 0.717) is 6.42 Å². The highest BCUT2D eigenvalue weighted by Crippen LogP contribution is 2.27. The summed E-state index contributed by atoms with van der Waals surface area (Å²) in [4.78, 5) is 10.4. The number of benzene rings is 1. The Morgan fingerprint density at radius 3 is 2.53 bits per heavy atom. The molecule has 0 saturated heterocycles. The van der Waals surface area contributed by atoms with Crippen LogP contribution in [0.15, 0.2) is 18.2 Å². The van der Waals surface area contributed by atoms with E-state index in [1.165, 1.54) is 11.6 Å². The van der Waals surface area contributed by atoms with Gasteiger partial charge < -0.3 is 9.84 Å². The fraction of sp³-hybridized carbons (Fsp3) is 0.357. The maximum Gasteiger partial charge on any atom is 0.327 e. The molecule has 1 N–H and O–H groups in total. The van der Waals surface area contributed by atoms with Crippen LogP contribution in [0.25, 0.3) is 0 Å². The lowest BCUT2D eigenvalue weighted by Crippen LogP contribution is -1.99. The van der Waals surface area contributed by atoms with E-state index in [1.807, 2.05) is 26.8 Å². The number of hydrogen-bond acceptors (Lipinski definition) is 2. The summed E-state index contributed by atoms with van der Waals surface area (Å²) >= 11 is 0. The molecule has 92 valence electrons. The van der Waals surface area contributed by atoms with Crippen LogP contribution in [0, 0.1) is 20.8 Å². The first-order valence-corrected chi connectivity index (χ1v) is 5.50. The second kappa shape index (κ2) is 5.53. The molecule has 3 heteroatoms. The van der Waals surface area contributed by atoms with Crippen molar-refractivity contribution >= 4 is 5.97 Å². The molecule has 3 nitrogen and oxygen atoms in total. The fourth-order valence-corrected chi connectivity index (χ4v) is 1.90. The quantitative estimate of drug-likeness (QED) is 0.815. The monoisotopic (exact) mass is 234 g/mol. The number of aliphatic carboxylic acids is 1. The summed E-state index contributed by atoms with van der Waals surface area (Å²) in [6.45, 7) is 6.06. The average Bonchev–Trinajstić information content (AvgIpc) is 2.27. The van der Waals surface area contributed by atoms with Gasteiger partial charge in [0, 0.05) is 6.08 Å². The Bertz CT molecular complexity index is 459. The van der Waals surface area contributed by atoms with Crippen molar-refractivity contribution in [3.05, 3.63) is 40.5 Å². The van der Waals surface area contributed by atoms with Gasteiger partial charge in [0.05, 0.1) is 7.11 Å². The molecule has 0 radical (unpaired) electrons. The van der Waals surface area contributed by atoms with Crippen LogP contribution in [0.3, 0.4) is 0 Å². The average molecular weight is 234 g/mol. The molecule has 0 aromatic heterocycles. The Kier molecular flexibility index (Phi) is 4.32. The molecule has 0 aliphatic carbocycles. The van der Waals surface area contributed by atoms with E-state index >= 15 is 0 Å². The normalized spacial score (nSPS) is 10.8. The number of methoxy groups -OCH3 is 1. The maximum atomic E-state index is 10.4. The van der Waals surface area contributed by atoms with Gasteiger partial charge in [-0.2, -0.15) is 0 Å². The van der Waals surface area contributed by atoms with E-state index in [0.717, 1.165) is 22.4 Å². The molecule has 0 aliphatic heterocycles. The minimum atomic E-state index is -0.912. The Hall–Kier alpha value is -1.77. The first-order chi connectivity index (χ1) is 7.97. The van der Waals surface area contributed by atoms with Crippen LogP contribution < -0.4 is 4.74 Å². The zero-order chi connectivity index (χ0) is 13.0. The summed E-state index contributed by atoms with van der Waals surface area (Å²) in [7, 11) is 1.66. The first kappa shape index (κ1) is 13.3. The number of aryl methyl sites for hydroxylation is 1. The highest BCUT2D eigenvalue weighted by molar-refractivity contribution is 5.79. The molecule has 0 saturated carbocycles. The van der Waals surface area contributed by atoms with Crippen LogP contribution in [-0.2, 0) is 11.2 Å². The highest BCUT2D eigenvalue weighted by Gasteiger charge is 2.09. The molecule has 0 spiro atoms. The van der Waals surface area contributed by atoms with Gasteiger partial charge in [0.1, 0.15) is 5.75 Å². The minimum Gasteiger partial charge on any atom is -0.496 e. The zero-order valence-electron chi connectivity index (χ0n) is 10.7. The summed E-state index contributed by atoms with van der Waals surface area (Å²) in [5.74, 6) is -0.0310. The van der Waals surface area contributed by atoms with Gasteiger partial charge in [-0.1, -0.05) is 6.08 Å². The first-order valence-electron chi connectivity index (χ1n) is 5.50. The van der Waals surface area contributed by atoms with Crippen LogP contribution in [-0.4, -0.2) is 18.2 Å². The number of hydrogen-bond donors (Lipinski definition) is 1. The highest BCUT2D eigenvalue weighted by atomic mass is 16.5. The third-order valence-electron chi connectivity index (χ3n) is 3.01. The van der Waals surface area contributed by atoms with Crippen LogP contribution in [0.2, 0.25) is 0 Å². The van der Waals surface area contributed by atoms with E-state index in [1.54, 1.807) is 13.2 Å². The van der Waals surface area contributed by atoms with Gasteiger partial charge >= 0.3 is 5.97 Å². The molecule has 1 aromatic rings. The molecule has 0 bridgehead atoms. The molecule has 0 atom stereocenters. The van der Waals surface area contributed by atoms with E-state index in [9.17, 15) is 4.79 Å². The van der Waals surface area contributed by atoms with E-state index in [2.05, 4.69) is 0 Å². The van der Waals surface area contributed by atoms with Crippen LogP contribution >= 0.6 is 0 Å². The lowest BCUT2D eigenvalue weighted by atomic mass is 9.95. The van der Waals surface area contributed by atoms with Crippen LogP contribution in [0.1, 0.15) is 22.3 Å². The van der Waals surface area contributed by atoms with Gasteiger partial charge in [0.15, 0.2) is 0 Å². The second-order valence-corrected chi connectivity index (χ2v) is 4.07. The van der Waals surface area contributed by atoms with Crippen molar-refractivity contribution in [1.82, 2.24) is 0 Å². The van der Waals surface area contributed by atoms with Crippen LogP contribution in [0.5, 0.6) is 5.75 Å². The third-order valence-corrected chi connectivity index (χ3v) is 3.01. The molecular weight excluding hydrogens is 216 g/mol. The summed E-state index contributed by atoms with van der Waals surface area (Å²) in [5, 5.41) is 8.56. The Labute approximate surface area is 102 Å². The number of carboxylic acid groups (broad SMARTS) is 1. The zero-order valence-corrected chi connectivity index (χ0v) is 10.7. The van der Waals surface area contributed by atoms with Gasteiger partial charge in [0.2, 0.25) is 0 Å². The van der Waals surface area contributed by atoms with Crippen molar-refractivity contribution in [1.29, 1.82) is 0 Å². The molecule has 1 aromatic carbocycles. The summed E-state index contributed by atoms with van der Waals surface area (Å²) < 4.78 is 5.29. The number of rotatable bonds is 4. The summed E-state index contributed by atoms with van der Waals surface area (Å²) in [6.07, 6.45) is 3.48. The molecule has 0 heterocycles. The number of carbonyl (C=O) groups is 1. The SMILES string of the molecule is COc1cc(C)c(C/C=C/C(=O)O)c(C)c1C. The lowest BCUT2D eigenvalue weighted by molar-refractivity contribution is -0.131. The van der Waals surface area contributed by atoms with Gasteiger partial charge in [-0.05, 0) is 55.5 Å². The molecule has 17 heavy (non-hydrogen) atoms.